The van der Waals surface area contributed by atoms with Gasteiger partial charge in [-0.2, -0.15) is 13.2 Å². The highest BCUT2D eigenvalue weighted by Crippen LogP contribution is 2.27. The topological polar surface area (TPSA) is 49.0 Å². The number of nitrogens with zero attached hydrogens (tertiary/aromatic N) is 2. The van der Waals surface area contributed by atoms with Gasteiger partial charge in [0, 0.05) is 30.8 Å². The van der Waals surface area contributed by atoms with Crippen LogP contribution >= 0.6 is 11.6 Å². The summed E-state index contributed by atoms with van der Waals surface area (Å²) in [7, 11) is 0. The van der Waals surface area contributed by atoms with Crippen LogP contribution in [0.1, 0.15) is 22.6 Å². The van der Waals surface area contributed by atoms with Gasteiger partial charge in [-0.05, 0) is 12.5 Å². The standard InChI is InChI=1S/C15H12ClF4N3O/c16-10-3-1-2-8(12(10)17)6-23-5-4-9-11(7-23)21-14(15(18,19)20)22-13(9)24/h1-3H,4-7H2,(H,21,22,24). The number of fused-ring (bicyclic) bond motifs is 1. The molecule has 0 saturated carbocycles. The Kier molecular flexibility index (Phi) is 4.35. The zero-order chi connectivity index (χ0) is 17.5. The van der Waals surface area contributed by atoms with E-state index >= 15 is 0 Å². The summed E-state index contributed by atoms with van der Waals surface area (Å²) in [6.45, 7) is 0.616. The highest BCUT2D eigenvalue weighted by molar-refractivity contribution is 6.30. The maximum atomic E-state index is 14.0. The number of nitrogens with one attached hydrogen (secondary N) is 1. The van der Waals surface area contributed by atoms with Crippen molar-refractivity contribution in [3.63, 3.8) is 0 Å². The molecule has 4 nitrogen and oxygen atoms in total. The number of H-pyrrole nitrogens is 1. The molecule has 0 aliphatic carbocycles. The molecule has 24 heavy (non-hydrogen) atoms. The van der Waals surface area contributed by atoms with Gasteiger partial charge in [0.15, 0.2) is 0 Å². The van der Waals surface area contributed by atoms with Gasteiger partial charge >= 0.3 is 6.18 Å². The Labute approximate surface area is 139 Å². The van der Waals surface area contributed by atoms with Gasteiger partial charge in [-0.15, -0.1) is 0 Å². The van der Waals surface area contributed by atoms with Crippen LogP contribution in [0.15, 0.2) is 23.0 Å². The van der Waals surface area contributed by atoms with Gasteiger partial charge in [-0.1, -0.05) is 23.7 Å². The van der Waals surface area contributed by atoms with Crippen LogP contribution in [0.25, 0.3) is 0 Å². The Balaban J connectivity index is 1.87. The summed E-state index contributed by atoms with van der Waals surface area (Å²) in [6, 6.07) is 4.58. The Morgan fingerprint density at radius 3 is 2.79 bits per heavy atom. The molecule has 1 aromatic carbocycles. The number of benzene rings is 1. The lowest BCUT2D eigenvalue weighted by Crippen LogP contribution is -2.36. The zero-order valence-corrected chi connectivity index (χ0v) is 13.0. The van der Waals surface area contributed by atoms with Gasteiger partial charge in [0.1, 0.15) is 5.82 Å². The Bertz CT molecular complexity index is 834. The monoisotopic (exact) mass is 361 g/mol. The van der Waals surface area contributed by atoms with Crippen LogP contribution in [0.2, 0.25) is 5.02 Å². The molecule has 0 spiro atoms. The molecule has 1 aromatic heterocycles. The van der Waals surface area contributed by atoms with Gasteiger partial charge in [0.25, 0.3) is 5.56 Å². The van der Waals surface area contributed by atoms with E-state index in [-0.39, 0.29) is 35.8 Å². The third kappa shape index (κ3) is 3.29. The van der Waals surface area contributed by atoms with Crippen molar-refractivity contribution in [1.82, 2.24) is 14.9 Å². The van der Waals surface area contributed by atoms with Gasteiger partial charge in [0.2, 0.25) is 5.82 Å². The molecule has 1 aliphatic heterocycles. The lowest BCUT2D eigenvalue weighted by Gasteiger charge is -2.28. The average molecular weight is 362 g/mol. The number of hydrogen-bond donors (Lipinski definition) is 1. The van der Waals surface area contributed by atoms with Crippen molar-refractivity contribution in [3.8, 4) is 0 Å². The first-order valence-electron chi connectivity index (χ1n) is 7.10. The molecule has 1 aliphatic rings. The number of alkyl halides is 3. The second kappa shape index (κ2) is 6.18. The maximum Gasteiger partial charge on any atom is 0.449 e. The summed E-state index contributed by atoms with van der Waals surface area (Å²) in [5, 5.41) is -0.0150. The minimum Gasteiger partial charge on any atom is -0.303 e. The van der Waals surface area contributed by atoms with Crippen molar-refractivity contribution in [2.24, 2.45) is 0 Å². The molecule has 0 radical (unpaired) electrons. The number of aromatic amines is 1. The fraction of sp³-hybridized carbons (Fsp3) is 0.333. The van der Waals surface area contributed by atoms with E-state index < -0.39 is 23.4 Å². The first-order valence-corrected chi connectivity index (χ1v) is 7.48. The van der Waals surface area contributed by atoms with E-state index in [9.17, 15) is 22.4 Å². The SMILES string of the molecule is O=c1[nH]c(C(F)(F)F)nc2c1CCN(Cc1cccc(Cl)c1F)C2. The van der Waals surface area contributed by atoms with Crippen LogP contribution in [0.4, 0.5) is 17.6 Å². The summed E-state index contributed by atoms with van der Waals surface area (Å²) in [4.78, 5) is 18.8. The van der Waals surface area contributed by atoms with E-state index in [1.165, 1.54) is 6.07 Å². The molecule has 0 bridgehead atoms. The highest BCUT2D eigenvalue weighted by Gasteiger charge is 2.36. The molecule has 0 atom stereocenters. The first kappa shape index (κ1) is 16.9. The molecule has 128 valence electrons. The lowest BCUT2D eigenvalue weighted by atomic mass is 10.1. The smallest absolute Gasteiger partial charge is 0.303 e. The van der Waals surface area contributed by atoms with Gasteiger partial charge in [-0.25, -0.2) is 9.37 Å². The Hall–Kier alpha value is -1.93. The van der Waals surface area contributed by atoms with Crippen LogP contribution in [-0.4, -0.2) is 21.4 Å². The summed E-state index contributed by atoms with van der Waals surface area (Å²) in [6.07, 6.45) is -4.48. The summed E-state index contributed by atoms with van der Waals surface area (Å²) < 4.78 is 52.3. The molecule has 0 saturated heterocycles. The van der Waals surface area contributed by atoms with Crippen LogP contribution in [-0.2, 0) is 25.7 Å². The van der Waals surface area contributed by atoms with E-state index in [0.29, 0.717) is 12.1 Å². The third-order valence-electron chi connectivity index (χ3n) is 3.85. The van der Waals surface area contributed by atoms with Gasteiger partial charge in [0.05, 0.1) is 10.7 Å². The van der Waals surface area contributed by atoms with E-state index in [4.69, 9.17) is 11.6 Å². The second-order valence-electron chi connectivity index (χ2n) is 5.51. The van der Waals surface area contributed by atoms with Gasteiger partial charge in [-0.3, -0.25) is 9.69 Å². The second-order valence-corrected chi connectivity index (χ2v) is 5.92. The highest BCUT2D eigenvalue weighted by atomic mass is 35.5. The molecule has 2 aromatic rings. The van der Waals surface area contributed by atoms with Crippen LogP contribution in [0.5, 0.6) is 0 Å². The van der Waals surface area contributed by atoms with E-state index in [0.717, 1.165) is 0 Å². The molecular weight excluding hydrogens is 350 g/mol. The molecule has 1 N–H and O–H groups in total. The minimum absolute atomic E-state index is 0.0150. The molecule has 2 heterocycles. The number of rotatable bonds is 2. The Morgan fingerprint density at radius 2 is 2.08 bits per heavy atom. The van der Waals surface area contributed by atoms with Crippen molar-refractivity contribution < 1.29 is 17.6 Å². The summed E-state index contributed by atoms with van der Waals surface area (Å²) >= 11 is 5.73. The van der Waals surface area contributed by atoms with Crippen molar-refractivity contribution in [1.29, 1.82) is 0 Å². The predicted octanol–water partition coefficient (Wildman–Crippen LogP) is 3.14. The van der Waals surface area contributed by atoms with Crippen molar-refractivity contribution in [3.05, 3.63) is 62.0 Å². The number of aromatic nitrogens is 2. The summed E-state index contributed by atoms with van der Waals surface area (Å²) in [5.41, 5.74) is -0.127. The van der Waals surface area contributed by atoms with E-state index in [1.807, 2.05) is 0 Å². The molecule has 3 rings (SSSR count). The van der Waals surface area contributed by atoms with E-state index in [2.05, 4.69) is 4.98 Å². The summed E-state index contributed by atoms with van der Waals surface area (Å²) in [5.74, 6) is -1.87. The first-order chi connectivity index (χ1) is 11.3. The van der Waals surface area contributed by atoms with Crippen molar-refractivity contribution >= 4 is 11.6 Å². The largest absolute Gasteiger partial charge is 0.449 e. The van der Waals surface area contributed by atoms with Crippen LogP contribution in [0, 0.1) is 5.82 Å². The predicted molar refractivity (Wildman–Crippen MR) is 79.1 cm³/mol. The van der Waals surface area contributed by atoms with Crippen molar-refractivity contribution in [2.45, 2.75) is 25.7 Å². The lowest BCUT2D eigenvalue weighted by molar-refractivity contribution is -0.145. The normalized spacial score (nSPS) is 15.4. The number of halogens is 5. The van der Waals surface area contributed by atoms with Gasteiger partial charge < -0.3 is 4.98 Å². The van der Waals surface area contributed by atoms with E-state index in [1.54, 1.807) is 22.0 Å². The third-order valence-corrected chi connectivity index (χ3v) is 4.14. The molecule has 9 heteroatoms. The average Bonchev–Trinajstić information content (AvgIpc) is 2.50. The minimum atomic E-state index is -4.73. The van der Waals surface area contributed by atoms with Crippen LogP contribution < -0.4 is 5.56 Å². The fourth-order valence-corrected chi connectivity index (χ4v) is 2.87. The maximum absolute atomic E-state index is 14.0. The Morgan fingerprint density at radius 1 is 1.33 bits per heavy atom. The molecular formula is C15H12ClF4N3O. The zero-order valence-electron chi connectivity index (χ0n) is 12.3. The quantitative estimate of drug-likeness (QED) is 0.836. The molecule has 0 fully saturated rings. The molecule has 0 amide bonds. The molecule has 0 unspecified atom stereocenters. The fourth-order valence-electron chi connectivity index (χ4n) is 2.67. The number of hydrogen-bond acceptors (Lipinski definition) is 3. The van der Waals surface area contributed by atoms with Crippen molar-refractivity contribution in [2.75, 3.05) is 6.54 Å². The van der Waals surface area contributed by atoms with Crippen LogP contribution in [0.3, 0.4) is 0 Å².